The van der Waals surface area contributed by atoms with Crippen molar-refractivity contribution in [2.45, 2.75) is 37.0 Å². The van der Waals surface area contributed by atoms with Crippen molar-refractivity contribution in [1.82, 2.24) is 0 Å². The summed E-state index contributed by atoms with van der Waals surface area (Å²) >= 11 is 0. The highest BCUT2D eigenvalue weighted by Crippen LogP contribution is 2.45. The lowest BCUT2D eigenvalue weighted by atomic mass is 9.98. The van der Waals surface area contributed by atoms with Gasteiger partial charge in [-0.15, -0.1) is 0 Å². The van der Waals surface area contributed by atoms with Gasteiger partial charge in [-0.3, -0.25) is 4.55 Å². The van der Waals surface area contributed by atoms with E-state index >= 15 is 0 Å². The van der Waals surface area contributed by atoms with E-state index in [1.807, 2.05) is 0 Å². The van der Waals surface area contributed by atoms with Gasteiger partial charge in [0.25, 0.3) is 0 Å². The molecule has 0 aliphatic heterocycles. The molecule has 1 N–H and O–H groups in total. The fourth-order valence-electron chi connectivity index (χ4n) is 2.85. The molecule has 0 aromatic carbocycles. The lowest BCUT2D eigenvalue weighted by Gasteiger charge is -2.21. The molecule has 2 bridgehead atoms. The number of hydrogen-bond acceptors (Lipinski definition) is 5. The normalized spacial score (nSPS) is 29.6. The van der Waals surface area contributed by atoms with Crippen LogP contribution in [0.3, 0.4) is 0 Å². The second kappa shape index (κ2) is 5.53. The third kappa shape index (κ3) is 3.44. The van der Waals surface area contributed by atoms with Crippen LogP contribution in [-0.4, -0.2) is 43.5 Å². The number of alkyl halides is 2. The van der Waals surface area contributed by atoms with Crippen molar-refractivity contribution in [3.8, 4) is 0 Å². The Morgan fingerprint density at radius 2 is 2.00 bits per heavy atom. The molecule has 20 heavy (non-hydrogen) atoms. The van der Waals surface area contributed by atoms with Crippen LogP contribution in [0.25, 0.3) is 0 Å². The van der Waals surface area contributed by atoms with E-state index in [-0.39, 0.29) is 6.10 Å². The van der Waals surface area contributed by atoms with E-state index in [0.717, 1.165) is 25.7 Å². The first-order chi connectivity index (χ1) is 9.19. The fourth-order valence-corrected chi connectivity index (χ4v) is 3.05. The quantitative estimate of drug-likeness (QED) is 0.585. The van der Waals surface area contributed by atoms with E-state index in [2.05, 4.69) is 4.74 Å². The molecule has 116 valence electrons. The molecule has 0 amide bonds. The topological polar surface area (TPSA) is 89.9 Å². The molecule has 0 heterocycles. The molecular formula is C11H16F2O6S. The average Bonchev–Trinajstić information content (AvgIpc) is 2.94. The smallest absolute Gasteiger partial charge is 0.402 e. The third-order valence-corrected chi connectivity index (χ3v) is 4.74. The van der Waals surface area contributed by atoms with E-state index in [4.69, 9.17) is 9.29 Å². The van der Waals surface area contributed by atoms with Gasteiger partial charge in [0, 0.05) is 0 Å². The molecular weight excluding hydrogens is 298 g/mol. The van der Waals surface area contributed by atoms with Crippen LogP contribution in [0, 0.1) is 11.8 Å². The molecule has 3 unspecified atom stereocenters. The molecule has 2 saturated carbocycles. The summed E-state index contributed by atoms with van der Waals surface area (Å²) in [5.74, 6) is -0.0481. The maximum Gasteiger partial charge on any atom is 0.402 e. The molecule has 0 aromatic heterocycles. The van der Waals surface area contributed by atoms with Crippen molar-refractivity contribution in [2.24, 2.45) is 11.8 Å². The van der Waals surface area contributed by atoms with Gasteiger partial charge in [-0.1, -0.05) is 0 Å². The van der Waals surface area contributed by atoms with Crippen LogP contribution in [0.1, 0.15) is 25.7 Å². The molecule has 0 radical (unpaired) electrons. The van der Waals surface area contributed by atoms with Crippen molar-refractivity contribution < 1.29 is 36.0 Å². The van der Waals surface area contributed by atoms with Crippen molar-refractivity contribution in [3.63, 3.8) is 0 Å². The average molecular weight is 314 g/mol. The van der Waals surface area contributed by atoms with Crippen molar-refractivity contribution >= 4 is 16.1 Å². The van der Waals surface area contributed by atoms with Gasteiger partial charge >= 0.3 is 21.3 Å². The van der Waals surface area contributed by atoms with Crippen LogP contribution in [-0.2, 0) is 24.4 Å². The molecule has 0 aromatic rings. The van der Waals surface area contributed by atoms with Gasteiger partial charge in [0.2, 0.25) is 0 Å². The van der Waals surface area contributed by atoms with E-state index in [9.17, 15) is 22.0 Å². The predicted molar refractivity (Wildman–Crippen MR) is 62.6 cm³/mol. The third-order valence-electron chi connectivity index (χ3n) is 3.87. The number of esters is 1. The summed E-state index contributed by atoms with van der Waals surface area (Å²) in [5, 5.41) is -4.50. The molecule has 3 atom stereocenters. The van der Waals surface area contributed by atoms with E-state index < -0.39 is 34.6 Å². The second-order valence-corrected chi connectivity index (χ2v) is 6.84. The van der Waals surface area contributed by atoms with E-state index in [1.165, 1.54) is 0 Å². The highest BCUT2D eigenvalue weighted by atomic mass is 32.2. The number of hydrogen-bond donors (Lipinski definition) is 1. The summed E-state index contributed by atoms with van der Waals surface area (Å²) in [6, 6.07) is 0. The minimum Gasteiger partial charge on any atom is -0.456 e. The Morgan fingerprint density at radius 3 is 2.50 bits per heavy atom. The second-order valence-electron chi connectivity index (χ2n) is 5.30. The zero-order valence-electron chi connectivity index (χ0n) is 10.6. The Labute approximate surface area is 115 Å². The summed E-state index contributed by atoms with van der Waals surface area (Å²) in [5.41, 5.74) is 0. The van der Waals surface area contributed by atoms with Gasteiger partial charge in [-0.05, 0) is 37.5 Å². The van der Waals surface area contributed by atoms with Crippen molar-refractivity contribution in [1.29, 1.82) is 0 Å². The Bertz CT molecular complexity index is 477. The molecule has 2 rings (SSSR count). The fraction of sp³-hybridized carbons (Fsp3) is 0.909. The number of carbonyl (C=O) groups excluding carboxylic acids is 1. The number of fused-ring (bicyclic) bond motifs is 2. The molecule has 2 aliphatic rings. The molecule has 2 aliphatic carbocycles. The van der Waals surface area contributed by atoms with Gasteiger partial charge in [0.15, 0.2) is 6.61 Å². The van der Waals surface area contributed by atoms with Crippen molar-refractivity contribution in [3.05, 3.63) is 0 Å². The predicted octanol–water partition coefficient (Wildman–Crippen LogP) is 1.22. The minimum absolute atomic E-state index is 0.0524. The Hall–Kier alpha value is -0.800. The molecule has 0 spiro atoms. The molecule has 9 heteroatoms. The monoisotopic (exact) mass is 314 g/mol. The summed E-state index contributed by atoms with van der Waals surface area (Å²) in [6.45, 7) is -2.21. The summed E-state index contributed by atoms with van der Waals surface area (Å²) in [6.07, 6.45) is 4.09. The lowest BCUT2D eigenvalue weighted by Crippen LogP contribution is -2.35. The number of rotatable bonds is 6. The van der Waals surface area contributed by atoms with Gasteiger partial charge < -0.3 is 9.47 Å². The first-order valence-electron chi connectivity index (χ1n) is 6.31. The minimum atomic E-state index is -5.59. The maximum atomic E-state index is 12.8. The van der Waals surface area contributed by atoms with Crippen LogP contribution in [0.15, 0.2) is 0 Å². The van der Waals surface area contributed by atoms with Gasteiger partial charge in [-0.25, -0.2) is 4.79 Å². The van der Waals surface area contributed by atoms with Crippen LogP contribution in [0.5, 0.6) is 0 Å². The summed E-state index contributed by atoms with van der Waals surface area (Å²) < 4.78 is 63.9. The van der Waals surface area contributed by atoms with E-state index in [0.29, 0.717) is 11.8 Å². The van der Waals surface area contributed by atoms with Crippen LogP contribution in [0.2, 0.25) is 0 Å². The largest absolute Gasteiger partial charge is 0.456 e. The van der Waals surface area contributed by atoms with Crippen molar-refractivity contribution in [2.75, 3.05) is 13.2 Å². The standard InChI is InChI=1S/C11H16F2O6S/c12-11(13,20(15,16)17)6-19-10(14)5-18-9-4-7-1-2-8(9)3-7/h7-9H,1-6H2,(H,15,16,17). The van der Waals surface area contributed by atoms with Gasteiger partial charge in [0.05, 0.1) is 6.10 Å². The van der Waals surface area contributed by atoms with Gasteiger partial charge in [-0.2, -0.15) is 17.2 Å². The molecule has 0 saturated heterocycles. The zero-order valence-corrected chi connectivity index (χ0v) is 11.4. The highest BCUT2D eigenvalue weighted by Gasteiger charge is 2.46. The highest BCUT2D eigenvalue weighted by molar-refractivity contribution is 7.86. The maximum absolute atomic E-state index is 12.8. The number of halogens is 2. The number of ether oxygens (including phenoxy) is 2. The lowest BCUT2D eigenvalue weighted by molar-refractivity contribution is -0.157. The van der Waals surface area contributed by atoms with E-state index in [1.54, 1.807) is 0 Å². The SMILES string of the molecule is O=C(COC1CC2CCC1C2)OCC(F)(F)S(=O)(=O)O. The first-order valence-corrected chi connectivity index (χ1v) is 7.75. The van der Waals surface area contributed by atoms with Crippen LogP contribution in [0.4, 0.5) is 8.78 Å². The first kappa shape index (κ1) is 15.6. The molecule has 2 fully saturated rings. The molecule has 6 nitrogen and oxygen atoms in total. The van der Waals surface area contributed by atoms with Crippen LogP contribution >= 0.6 is 0 Å². The zero-order chi connectivity index (χ0) is 15.0. The Kier molecular flexibility index (Phi) is 4.31. The number of carbonyl (C=O) groups is 1. The Balaban J connectivity index is 1.71. The summed E-state index contributed by atoms with van der Waals surface area (Å²) in [4.78, 5) is 11.2. The Morgan fingerprint density at radius 1 is 1.30 bits per heavy atom. The van der Waals surface area contributed by atoms with Gasteiger partial charge in [0.1, 0.15) is 6.61 Å². The van der Waals surface area contributed by atoms with Crippen LogP contribution < -0.4 is 0 Å². The summed E-state index contributed by atoms with van der Waals surface area (Å²) in [7, 11) is -5.59.